The lowest BCUT2D eigenvalue weighted by Gasteiger charge is -2.09. The van der Waals surface area contributed by atoms with Crippen LogP contribution in [-0.2, 0) is 0 Å². The van der Waals surface area contributed by atoms with Crippen LogP contribution in [0, 0.1) is 17.0 Å². The number of nitro groups is 1. The highest BCUT2D eigenvalue weighted by Crippen LogP contribution is 2.36. The first-order valence-corrected chi connectivity index (χ1v) is 6.80. The third-order valence-corrected chi connectivity index (χ3v) is 3.57. The molecule has 0 bridgehead atoms. The maximum Gasteiger partial charge on any atom is 0.287 e. The average molecular weight is 388 g/mol. The van der Waals surface area contributed by atoms with Crippen molar-refractivity contribution in [3.8, 4) is 11.6 Å². The van der Waals surface area contributed by atoms with Crippen LogP contribution in [0.2, 0.25) is 0 Å². The standard InChI is InChI=1S/C12H8Br2N2O3/c1-7-5-8(13)6-15-12(7)19-10-4-2-3-9(11(10)14)16(17)18/h2-6H,1H3. The number of hydrogen-bond acceptors (Lipinski definition) is 4. The molecule has 0 aliphatic rings. The quantitative estimate of drug-likeness (QED) is 0.569. The second-order valence-corrected chi connectivity index (χ2v) is 5.43. The minimum absolute atomic E-state index is 0.0488. The molecule has 0 atom stereocenters. The van der Waals surface area contributed by atoms with Gasteiger partial charge < -0.3 is 4.74 Å². The Morgan fingerprint density at radius 2 is 2.11 bits per heavy atom. The van der Waals surface area contributed by atoms with Crippen molar-refractivity contribution < 1.29 is 9.66 Å². The van der Waals surface area contributed by atoms with E-state index in [-0.39, 0.29) is 5.69 Å². The van der Waals surface area contributed by atoms with Gasteiger partial charge in [-0.2, -0.15) is 0 Å². The fourth-order valence-electron chi connectivity index (χ4n) is 1.46. The van der Waals surface area contributed by atoms with Crippen molar-refractivity contribution in [1.82, 2.24) is 4.98 Å². The van der Waals surface area contributed by atoms with E-state index in [2.05, 4.69) is 36.8 Å². The fraction of sp³-hybridized carbons (Fsp3) is 0.0833. The molecular weight excluding hydrogens is 380 g/mol. The van der Waals surface area contributed by atoms with Crippen LogP contribution < -0.4 is 4.74 Å². The van der Waals surface area contributed by atoms with Crippen LogP contribution in [0.5, 0.6) is 11.6 Å². The van der Waals surface area contributed by atoms with Crippen molar-refractivity contribution in [3.63, 3.8) is 0 Å². The van der Waals surface area contributed by atoms with E-state index in [0.29, 0.717) is 16.1 Å². The Balaban J connectivity index is 2.38. The molecule has 0 N–H and O–H groups in total. The number of benzene rings is 1. The van der Waals surface area contributed by atoms with Crippen LogP contribution in [0.25, 0.3) is 0 Å². The van der Waals surface area contributed by atoms with E-state index >= 15 is 0 Å². The number of halogens is 2. The summed E-state index contributed by atoms with van der Waals surface area (Å²) in [5.41, 5.74) is 0.778. The van der Waals surface area contributed by atoms with Crippen LogP contribution in [-0.4, -0.2) is 9.91 Å². The van der Waals surface area contributed by atoms with Gasteiger partial charge in [-0.05, 0) is 50.9 Å². The summed E-state index contributed by atoms with van der Waals surface area (Å²) < 4.78 is 6.74. The summed E-state index contributed by atoms with van der Waals surface area (Å²) in [6.45, 7) is 1.85. The van der Waals surface area contributed by atoms with Crippen molar-refractivity contribution in [2.75, 3.05) is 0 Å². The number of aryl methyl sites for hydroxylation is 1. The van der Waals surface area contributed by atoms with Crippen molar-refractivity contribution in [3.05, 3.63) is 55.1 Å². The highest BCUT2D eigenvalue weighted by atomic mass is 79.9. The molecule has 0 amide bonds. The zero-order chi connectivity index (χ0) is 14.0. The summed E-state index contributed by atoms with van der Waals surface area (Å²) in [6, 6.07) is 6.46. The maximum absolute atomic E-state index is 10.8. The average Bonchev–Trinajstić information content (AvgIpc) is 2.34. The van der Waals surface area contributed by atoms with Gasteiger partial charge in [-0.1, -0.05) is 6.07 Å². The summed E-state index contributed by atoms with van der Waals surface area (Å²) in [4.78, 5) is 14.5. The van der Waals surface area contributed by atoms with Gasteiger partial charge in [0, 0.05) is 22.3 Å². The summed E-state index contributed by atoms with van der Waals surface area (Å²) in [6.07, 6.45) is 1.60. The van der Waals surface area contributed by atoms with E-state index in [0.717, 1.165) is 10.0 Å². The molecule has 0 saturated carbocycles. The smallest absolute Gasteiger partial charge is 0.287 e. The maximum atomic E-state index is 10.8. The summed E-state index contributed by atoms with van der Waals surface area (Å²) in [7, 11) is 0. The summed E-state index contributed by atoms with van der Waals surface area (Å²) >= 11 is 6.48. The van der Waals surface area contributed by atoms with E-state index in [1.165, 1.54) is 6.07 Å². The Morgan fingerprint density at radius 3 is 2.74 bits per heavy atom. The molecule has 0 radical (unpaired) electrons. The van der Waals surface area contributed by atoms with Gasteiger partial charge in [0.25, 0.3) is 5.69 Å². The van der Waals surface area contributed by atoms with Gasteiger partial charge in [0.05, 0.1) is 4.92 Å². The van der Waals surface area contributed by atoms with Gasteiger partial charge in [0.2, 0.25) is 5.88 Å². The SMILES string of the molecule is Cc1cc(Br)cnc1Oc1cccc([N+](=O)[O-])c1Br. The third kappa shape index (κ3) is 3.10. The molecule has 19 heavy (non-hydrogen) atoms. The Hall–Kier alpha value is -1.47. The third-order valence-electron chi connectivity index (χ3n) is 2.34. The predicted molar refractivity (Wildman–Crippen MR) is 77.5 cm³/mol. The first-order valence-electron chi connectivity index (χ1n) is 5.22. The van der Waals surface area contributed by atoms with Crippen molar-refractivity contribution in [1.29, 1.82) is 0 Å². The Bertz CT molecular complexity index is 647. The Labute approximate surface area is 126 Å². The number of ether oxygens (including phenoxy) is 1. The van der Waals surface area contributed by atoms with Gasteiger partial charge >= 0.3 is 0 Å². The zero-order valence-electron chi connectivity index (χ0n) is 9.76. The van der Waals surface area contributed by atoms with Gasteiger partial charge in [-0.3, -0.25) is 10.1 Å². The van der Waals surface area contributed by atoms with E-state index in [1.54, 1.807) is 18.3 Å². The molecule has 2 aromatic rings. The number of nitrogens with zero attached hydrogens (tertiary/aromatic N) is 2. The van der Waals surface area contributed by atoms with Crippen LogP contribution in [0.15, 0.2) is 39.4 Å². The molecule has 5 nitrogen and oxygen atoms in total. The molecule has 0 aliphatic heterocycles. The van der Waals surface area contributed by atoms with Gasteiger partial charge in [0.15, 0.2) is 5.75 Å². The van der Waals surface area contributed by atoms with Crippen molar-refractivity contribution in [2.45, 2.75) is 6.92 Å². The predicted octanol–water partition coefficient (Wildman–Crippen LogP) is 4.62. The normalized spacial score (nSPS) is 10.3. The number of hydrogen-bond donors (Lipinski definition) is 0. The molecule has 7 heteroatoms. The largest absolute Gasteiger partial charge is 0.437 e. The Morgan fingerprint density at radius 1 is 1.37 bits per heavy atom. The first kappa shape index (κ1) is 14.0. The van der Waals surface area contributed by atoms with E-state index < -0.39 is 4.92 Å². The minimum Gasteiger partial charge on any atom is -0.437 e. The molecule has 1 heterocycles. The lowest BCUT2D eigenvalue weighted by Crippen LogP contribution is -1.95. The summed E-state index contributed by atoms with van der Waals surface area (Å²) in [5, 5.41) is 10.8. The number of rotatable bonds is 3. The molecule has 1 aromatic carbocycles. The fourth-order valence-corrected chi connectivity index (χ4v) is 2.39. The lowest BCUT2D eigenvalue weighted by molar-refractivity contribution is -0.385. The molecule has 1 aromatic heterocycles. The van der Waals surface area contributed by atoms with Crippen LogP contribution in [0.1, 0.15) is 5.56 Å². The second kappa shape index (κ2) is 5.66. The highest BCUT2D eigenvalue weighted by Gasteiger charge is 2.17. The van der Waals surface area contributed by atoms with Crippen LogP contribution in [0.3, 0.4) is 0 Å². The lowest BCUT2D eigenvalue weighted by atomic mass is 10.3. The highest BCUT2D eigenvalue weighted by molar-refractivity contribution is 9.11. The molecule has 0 aliphatic carbocycles. The molecule has 0 saturated heterocycles. The van der Waals surface area contributed by atoms with Gasteiger partial charge in [-0.25, -0.2) is 4.98 Å². The first-order chi connectivity index (χ1) is 8.99. The second-order valence-electron chi connectivity index (χ2n) is 3.72. The van der Waals surface area contributed by atoms with E-state index in [1.807, 2.05) is 13.0 Å². The zero-order valence-corrected chi connectivity index (χ0v) is 12.9. The van der Waals surface area contributed by atoms with Crippen LogP contribution in [0.4, 0.5) is 5.69 Å². The van der Waals surface area contributed by atoms with Crippen LogP contribution >= 0.6 is 31.9 Å². The molecule has 2 rings (SSSR count). The van der Waals surface area contributed by atoms with E-state index in [4.69, 9.17) is 4.74 Å². The topological polar surface area (TPSA) is 65.3 Å². The number of nitro benzene ring substituents is 1. The van der Waals surface area contributed by atoms with Crippen molar-refractivity contribution in [2.24, 2.45) is 0 Å². The van der Waals surface area contributed by atoms with Crippen molar-refractivity contribution >= 4 is 37.5 Å². The molecular formula is C12H8Br2N2O3. The van der Waals surface area contributed by atoms with Gasteiger partial charge in [-0.15, -0.1) is 0 Å². The number of pyridine rings is 1. The molecule has 0 spiro atoms. The summed E-state index contributed by atoms with van der Waals surface area (Å²) in [5.74, 6) is 0.761. The molecule has 0 unspecified atom stereocenters. The van der Waals surface area contributed by atoms with E-state index in [9.17, 15) is 10.1 Å². The minimum atomic E-state index is -0.473. The number of aromatic nitrogens is 1. The monoisotopic (exact) mass is 386 g/mol. The van der Waals surface area contributed by atoms with Gasteiger partial charge in [0.1, 0.15) is 4.47 Å². The molecule has 0 fully saturated rings. The Kier molecular flexibility index (Phi) is 4.16. The molecule has 98 valence electrons.